The molecule has 2 aromatic rings. The molecule has 2 aromatic carbocycles. The Bertz CT molecular complexity index is 772. The zero-order valence-corrected chi connectivity index (χ0v) is 17.1. The molecule has 5 heteroatoms. The first kappa shape index (κ1) is 20.2. The third kappa shape index (κ3) is 5.70. The van der Waals surface area contributed by atoms with Crippen molar-refractivity contribution < 1.29 is 9.59 Å². The fourth-order valence-electron chi connectivity index (χ4n) is 2.66. The van der Waals surface area contributed by atoms with Gasteiger partial charge in [0, 0.05) is 22.8 Å². The van der Waals surface area contributed by atoms with Crippen LogP contribution in [0.5, 0.6) is 0 Å². The zero-order valence-electron chi connectivity index (χ0n) is 15.5. The number of carbonyl (C=O) groups excluding carboxylic acids is 2. The lowest BCUT2D eigenvalue weighted by Gasteiger charge is -2.17. The number of unbranched alkanes of at least 4 members (excludes halogenated alkanes) is 1. The van der Waals surface area contributed by atoms with Gasteiger partial charge in [-0.3, -0.25) is 9.59 Å². The van der Waals surface area contributed by atoms with E-state index in [0.717, 1.165) is 35.0 Å². The molecule has 0 fully saturated rings. The topological polar surface area (TPSA) is 49.4 Å². The van der Waals surface area contributed by atoms with Gasteiger partial charge in [-0.25, -0.2) is 0 Å². The standard InChI is InChI=1S/C21H25BrN2O2/c1-4-5-6-16-7-9-17(10-8-16)21(26)24(3)14-20(25)23-19-12-11-18(22)13-15(19)2/h7-13H,4-6,14H2,1-3H3,(H,23,25). The number of nitrogens with zero attached hydrogens (tertiary/aromatic N) is 1. The van der Waals surface area contributed by atoms with Gasteiger partial charge in [0.2, 0.25) is 5.91 Å². The Kier molecular flexibility index (Phi) is 7.39. The van der Waals surface area contributed by atoms with Crippen molar-refractivity contribution in [3.63, 3.8) is 0 Å². The van der Waals surface area contributed by atoms with E-state index in [9.17, 15) is 9.59 Å². The Hall–Kier alpha value is -2.14. The van der Waals surface area contributed by atoms with Gasteiger partial charge in [-0.1, -0.05) is 41.4 Å². The Labute approximate surface area is 163 Å². The first-order valence-corrected chi connectivity index (χ1v) is 9.60. The molecule has 0 radical (unpaired) electrons. The van der Waals surface area contributed by atoms with Gasteiger partial charge in [0.15, 0.2) is 0 Å². The number of hydrogen-bond donors (Lipinski definition) is 1. The number of halogens is 1. The van der Waals surface area contributed by atoms with Crippen molar-refractivity contribution in [2.75, 3.05) is 18.9 Å². The number of carbonyl (C=O) groups is 2. The summed E-state index contributed by atoms with van der Waals surface area (Å²) in [5.74, 6) is -0.374. The molecule has 0 aliphatic carbocycles. The maximum absolute atomic E-state index is 12.5. The van der Waals surface area contributed by atoms with Crippen LogP contribution in [0.15, 0.2) is 46.9 Å². The number of rotatable bonds is 7. The second-order valence-electron chi connectivity index (χ2n) is 6.47. The van der Waals surface area contributed by atoms with Crippen molar-refractivity contribution in [3.8, 4) is 0 Å². The molecule has 0 saturated carbocycles. The van der Waals surface area contributed by atoms with E-state index in [0.29, 0.717) is 5.56 Å². The molecule has 0 saturated heterocycles. The molecule has 1 N–H and O–H groups in total. The Morgan fingerprint density at radius 1 is 1.12 bits per heavy atom. The van der Waals surface area contributed by atoms with Crippen molar-refractivity contribution in [1.82, 2.24) is 4.90 Å². The molecule has 0 aromatic heterocycles. The van der Waals surface area contributed by atoms with Gasteiger partial charge in [-0.15, -0.1) is 0 Å². The van der Waals surface area contributed by atoms with Gasteiger partial charge in [0.05, 0.1) is 6.54 Å². The minimum atomic E-state index is -0.217. The smallest absolute Gasteiger partial charge is 0.254 e. The summed E-state index contributed by atoms with van der Waals surface area (Å²) in [5.41, 5.74) is 3.54. The van der Waals surface area contributed by atoms with E-state index < -0.39 is 0 Å². The van der Waals surface area contributed by atoms with Crippen molar-refractivity contribution in [3.05, 3.63) is 63.6 Å². The lowest BCUT2D eigenvalue weighted by Crippen LogP contribution is -2.35. The van der Waals surface area contributed by atoms with Crippen LogP contribution >= 0.6 is 15.9 Å². The average Bonchev–Trinajstić information content (AvgIpc) is 2.62. The predicted molar refractivity (Wildman–Crippen MR) is 110 cm³/mol. The number of anilines is 1. The van der Waals surface area contributed by atoms with Crippen LogP contribution in [0, 0.1) is 6.92 Å². The van der Waals surface area contributed by atoms with Crippen LogP contribution in [0.3, 0.4) is 0 Å². The molecule has 0 heterocycles. The maximum Gasteiger partial charge on any atom is 0.254 e. The quantitative estimate of drug-likeness (QED) is 0.703. The van der Waals surface area contributed by atoms with Crippen molar-refractivity contribution in [1.29, 1.82) is 0 Å². The van der Waals surface area contributed by atoms with Gasteiger partial charge in [0.25, 0.3) is 5.91 Å². The van der Waals surface area contributed by atoms with E-state index in [4.69, 9.17) is 0 Å². The van der Waals surface area contributed by atoms with E-state index in [1.54, 1.807) is 7.05 Å². The summed E-state index contributed by atoms with van der Waals surface area (Å²) >= 11 is 3.40. The van der Waals surface area contributed by atoms with Gasteiger partial charge in [-0.05, 0) is 61.2 Å². The third-order valence-corrected chi connectivity index (χ3v) is 4.70. The number of aryl methyl sites for hydroxylation is 2. The number of hydrogen-bond acceptors (Lipinski definition) is 2. The lowest BCUT2D eigenvalue weighted by molar-refractivity contribution is -0.116. The SMILES string of the molecule is CCCCc1ccc(C(=O)N(C)CC(=O)Nc2ccc(Br)cc2C)cc1. The summed E-state index contributed by atoms with van der Waals surface area (Å²) in [6, 6.07) is 13.3. The number of nitrogens with one attached hydrogen (secondary N) is 1. The normalized spacial score (nSPS) is 10.5. The molecule has 4 nitrogen and oxygen atoms in total. The molecular formula is C21H25BrN2O2. The van der Waals surface area contributed by atoms with Crippen LogP contribution in [-0.4, -0.2) is 30.3 Å². The second kappa shape index (κ2) is 9.53. The lowest BCUT2D eigenvalue weighted by atomic mass is 10.1. The highest BCUT2D eigenvalue weighted by Gasteiger charge is 2.15. The number of amides is 2. The summed E-state index contributed by atoms with van der Waals surface area (Å²) in [6.07, 6.45) is 3.31. The van der Waals surface area contributed by atoms with Crippen molar-refractivity contribution >= 4 is 33.4 Å². The Balaban J connectivity index is 1.94. The van der Waals surface area contributed by atoms with Gasteiger partial charge >= 0.3 is 0 Å². The summed E-state index contributed by atoms with van der Waals surface area (Å²) < 4.78 is 0.961. The second-order valence-corrected chi connectivity index (χ2v) is 7.38. The van der Waals surface area contributed by atoms with E-state index in [-0.39, 0.29) is 18.4 Å². The Morgan fingerprint density at radius 3 is 2.42 bits per heavy atom. The van der Waals surface area contributed by atoms with Crippen molar-refractivity contribution in [2.45, 2.75) is 33.1 Å². The highest BCUT2D eigenvalue weighted by Crippen LogP contribution is 2.20. The third-order valence-electron chi connectivity index (χ3n) is 4.21. The van der Waals surface area contributed by atoms with Crippen LogP contribution in [0.1, 0.15) is 41.3 Å². The van der Waals surface area contributed by atoms with Gasteiger partial charge in [0.1, 0.15) is 0 Å². The molecule has 0 aliphatic rings. The van der Waals surface area contributed by atoms with E-state index in [1.165, 1.54) is 10.5 Å². The molecule has 0 atom stereocenters. The molecule has 0 unspecified atom stereocenters. The van der Waals surface area contributed by atoms with Crippen LogP contribution in [0.25, 0.3) is 0 Å². The van der Waals surface area contributed by atoms with Crippen LogP contribution in [-0.2, 0) is 11.2 Å². The van der Waals surface area contributed by atoms with Crippen molar-refractivity contribution in [2.24, 2.45) is 0 Å². The Morgan fingerprint density at radius 2 is 1.81 bits per heavy atom. The van der Waals surface area contributed by atoms with E-state index >= 15 is 0 Å². The average molecular weight is 417 g/mol. The molecule has 2 rings (SSSR count). The minimum absolute atomic E-state index is 0.00588. The van der Waals surface area contributed by atoms with Crippen LogP contribution in [0.4, 0.5) is 5.69 Å². The monoisotopic (exact) mass is 416 g/mol. The fraction of sp³-hybridized carbons (Fsp3) is 0.333. The summed E-state index contributed by atoms with van der Waals surface area (Å²) in [4.78, 5) is 26.2. The number of benzene rings is 2. The molecule has 0 spiro atoms. The summed E-state index contributed by atoms with van der Waals surface area (Å²) in [5, 5.41) is 2.85. The molecule has 26 heavy (non-hydrogen) atoms. The highest BCUT2D eigenvalue weighted by atomic mass is 79.9. The molecule has 138 valence electrons. The molecular weight excluding hydrogens is 392 g/mol. The van der Waals surface area contributed by atoms with Gasteiger partial charge < -0.3 is 10.2 Å². The molecule has 2 amide bonds. The van der Waals surface area contributed by atoms with E-state index in [2.05, 4.69) is 28.2 Å². The summed E-state index contributed by atoms with van der Waals surface area (Å²) in [7, 11) is 1.64. The fourth-order valence-corrected chi connectivity index (χ4v) is 3.14. The number of likely N-dealkylation sites (N-methyl/N-ethyl adjacent to an activating group) is 1. The van der Waals surface area contributed by atoms with Crippen LogP contribution in [0.2, 0.25) is 0 Å². The minimum Gasteiger partial charge on any atom is -0.332 e. The highest BCUT2D eigenvalue weighted by molar-refractivity contribution is 9.10. The first-order valence-electron chi connectivity index (χ1n) is 8.81. The predicted octanol–water partition coefficient (Wildman–Crippen LogP) is 4.81. The maximum atomic E-state index is 12.5. The molecule has 0 bridgehead atoms. The first-order chi connectivity index (χ1) is 12.4. The summed E-state index contributed by atoms with van der Waals surface area (Å²) in [6.45, 7) is 4.09. The largest absolute Gasteiger partial charge is 0.332 e. The van der Waals surface area contributed by atoms with E-state index in [1.807, 2.05) is 49.4 Å². The van der Waals surface area contributed by atoms with Crippen LogP contribution < -0.4 is 5.32 Å². The van der Waals surface area contributed by atoms with Gasteiger partial charge in [-0.2, -0.15) is 0 Å². The zero-order chi connectivity index (χ0) is 19.1. The molecule has 0 aliphatic heterocycles.